The lowest BCUT2D eigenvalue weighted by Crippen LogP contribution is -2.12. The molecular formula is C22H23ClN2O2S. The molecule has 0 aliphatic rings. The fourth-order valence-corrected chi connectivity index (χ4v) is 4.27. The van der Waals surface area contributed by atoms with Crippen molar-refractivity contribution in [2.75, 3.05) is 18.2 Å². The quantitative estimate of drug-likeness (QED) is 0.507. The first kappa shape index (κ1) is 20.5. The van der Waals surface area contributed by atoms with Crippen LogP contribution in [0.15, 0.2) is 41.4 Å². The Morgan fingerprint density at radius 3 is 2.64 bits per heavy atom. The van der Waals surface area contributed by atoms with Gasteiger partial charge in [0.25, 0.3) is 0 Å². The minimum Gasteiger partial charge on any atom is -0.495 e. The highest BCUT2D eigenvalue weighted by Crippen LogP contribution is 2.28. The van der Waals surface area contributed by atoms with Crippen molar-refractivity contribution in [3.05, 3.63) is 58.1 Å². The zero-order valence-electron chi connectivity index (χ0n) is 16.4. The summed E-state index contributed by atoms with van der Waals surface area (Å²) in [6.07, 6.45) is 0.389. The highest BCUT2D eigenvalue weighted by atomic mass is 35.5. The van der Waals surface area contributed by atoms with Gasteiger partial charge in [-0.3, -0.25) is 4.79 Å². The van der Waals surface area contributed by atoms with Crippen LogP contribution < -0.4 is 10.1 Å². The molecule has 0 radical (unpaired) electrons. The average molecular weight is 415 g/mol. The van der Waals surface area contributed by atoms with Gasteiger partial charge in [0, 0.05) is 23.2 Å². The van der Waals surface area contributed by atoms with E-state index in [4.69, 9.17) is 21.3 Å². The molecule has 0 atom stereocenters. The normalized spacial score (nSPS) is 10.9. The van der Waals surface area contributed by atoms with E-state index in [2.05, 4.69) is 44.3 Å². The summed E-state index contributed by atoms with van der Waals surface area (Å²) in [7, 11) is 1.56. The first-order valence-corrected chi connectivity index (χ1v) is 10.4. The number of pyridine rings is 1. The molecule has 0 unspecified atom stereocenters. The Kier molecular flexibility index (Phi) is 6.47. The number of nitrogens with zero attached hydrogens (tertiary/aromatic N) is 1. The number of thioether (sulfide) groups is 1. The number of nitrogens with one attached hydrogen (secondary N) is 1. The number of benzene rings is 2. The Bertz CT molecular complexity index is 1040. The number of methoxy groups -OCH3 is 1. The maximum atomic E-state index is 12.2. The van der Waals surface area contributed by atoms with Crippen molar-refractivity contribution in [1.29, 1.82) is 0 Å². The first-order valence-electron chi connectivity index (χ1n) is 9.02. The summed E-state index contributed by atoms with van der Waals surface area (Å²) in [4.78, 5) is 17.0. The number of aryl methyl sites for hydroxylation is 3. The van der Waals surface area contributed by atoms with Crippen molar-refractivity contribution in [3.8, 4) is 5.75 Å². The van der Waals surface area contributed by atoms with Gasteiger partial charge in [0.05, 0.1) is 22.7 Å². The topological polar surface area (TPSA) is 51.2 Å². The number of aromatic nitrogens is 1. The number of hydrogen-bond donors (Lipinski definition) is 1. The van der Waals surface area contributed by atoms with Crippen LogP contribution in [0.4, 0.5) is 5.69 Å². The van der Waals surface area contributed by atoms with Gasteiger partial charge in [-0.25, -0.2) is 4.98 Å². The third kappa shape index (κ3) is 4.78. The van der Waals surface area contributed by atoms with Gasteiger partial charge in [-0.2, -0.15) is 0 Å². The third-order valence-corrected chi connectivity index (χ3v) is 5.65. The Morgan fingerprint density at radius 1 is 1.14 bits per heavy atom. The minimum absolute atomic E-state index is 0.0574. The van der Waals surface area contributed by atoms with E-state index in [1.165, 1.54) is 22.1 Å². The summed E-state index contributed by atoms with van der Waals surface area (Å²) in [6.45, 7) is 6.29. The van der Waals surface area contributed by atoms with Crippen LogP contribution in [-0.4, -0.2) is 23.8 Å². The molecule has 1 N–H and O–H groups in total. The summed E-state index contributed by atoms with van der Waals surface area (Å²) >= 11 is 7.69. The van der Waals surface area contributed by atoms with Gasteiger partial charge >= 0.3 is 0 Å². The molecule has 0 aliphatic carbocycles. The number of ether oxygens (including phenoxy) is 1. The average Bonchev–Trinajstić information content (AvgIpc) is 2.63. The van der Waals surface area contributed by atoms with E-state index >= 15 is 0 Å². The number of carbonyl (C=O) groups excluding carboxylic acids is 1. The van der Waals surface area contributed by atoms with Crippen molar-refractivity contribution in [2.24, 2.45) is 0 Å². The second-order valence-corrected chi connectivity index (χ2v) is 8.27. The second-order valence-electron chi connectivity index (χ2n) is 6.75. The molecular weight excluding hydrogens is 392 g/mol. The van der Waals surface area contributed by atoms with E-state index < -0.39 is 0 Å². The van der Waals surface area contributed by atoms with Crippen molar-refractivity contribution in [1.82, 2.24) is 4.98 Å². The molecule has 28 heavy (non-hydrogen) atoms. The third-order valence-electron chi connectivity index (χ3n) is 4.45. The Labute approximate surface area is 174 Å². The number of carbonyl (C=O) groups is 1. The number of amides is 1. The van der Waals surface area contributed by atoms with Crippen molar-refractivity contribution in [2.45, 2.75) is 32.2 Å². The summed E-state index contributed by atoms with van der Waals surface area (Å²) in [6, 6.07) is 11.6. The molecule has 4 nitrogen and oxygen atoms in total. The van der Waals surface area contributed by atoms with Gasteiger partial charge in [-0.05, 0) is 62.2 Å². The summed E-state index contributed by atoms with van der Waals surface area (Å²) in [5.74, 6) is 1.18. The molecule has 1 heterocycles. The van der Waals surface area contributed by atoms with Gasteiger partial charge in [0.15, 0.2) is 0 Å². The van der Waals surface area contributed by atoms with E-state index in [0.29, 0.717) is 28.6 Å². The smallest absolute Gasteiger partial charge is 0.225 e. The maximum Gasteiger partial charge on any atom is 0.225 e. The molecule has 0 saturated carbocycles. The van der Waals surface area contributed by atoms with Crippen LogP contribution >= 0.6 is 23.4 Å². The second kappa shape index (κ2) is 8.84. The number of anilines is 1. The molecule has 146 valence electrons. The largest absolute Gasteiger partial charge is 0.495 e. The number of halogens is 1. The molecule has 3 rings (SSSR count). The van der Waals surface area contributed by atoms with Crippen molar-refractivity contribution in [3.63, 3.8) is 0 Å². The monoisotopic (exact) mass is 414 g/mol. The van der Waals surface area contributed by atoms with E-state index in [1.54, 1.807) is 37.1 Å². The lowest BCUT2D eigenvalue weighted by atomic mass is 10.0. The van der Waals surface area contributed by atoms with Gasteiger partial charge < -0.3 is 10.1 Å². The van der Waals surface area contributed by atoms with Crippen LogP contribution in [0.5, 0.6) is 5.75 Å². The van der Waals surface area contributed by atoms with Crippen LogP contribution in [0.3, 0.4) is 0 Å². The van der Waals surface area contributed by atoms with Gasteiger partial charge in [-0.1, -0.05) is 23.2 Å². The van der Waals surface area contributed by atoms with Crippen LogP contribution in [0.1, 0.15) is 23.1 Å². The standard InChI is InChI=1S/C22H23ClN2O2S/c1-13-9-15(3)22-17(10-13)14(2)11-21(25-22)28-8-7-20(26)24-16-5-6-19(27-4)18(23)12-16/h5-6,9-12H,7-8H2,1-4H3,(H,24,26). The molecule has 1 aromatic heterocycles. The molecule has 0 saturated heterocycles. The molecule has 2 aromatic carbocycles. The van der Waals surface area contributed by atoms with Gasteiger partial charge in [-0.15, -0.1) is 11.8 Å². The lowest BCUT2D eigenvalue weighted by Gasteiger charge is -2.10. The summed E-state index contributed by atoms with van der Waals surface area (Å²) < 4.78 is 5.12. The molecule has 0 bridgehead atoms. The molecule has 0 aliphatic heterocycles. The molecule has 0 spiro atoms. The SMILES string of the molecule is COc1ccc(NC(=O)CCSc2cc(C)c3cc(C)cc(C)c3n2)cc1Cl. The minimum atomic E-state index is -0.0574. The number of hydrogen-bond acceptors (Lipinski definition) is 4. The van der Waals surface area contributed by atoms with E-state index in [0.717, 1.165) is 10.5 Å². The Morgan fingerprint density at radius 2 is 1.93 bits per heavy atom. The number of rotatable bonds is 6. The summed E-state index contributed by atoms with van der Waals surface area (Å²) in [5.41, 5.74) is 5.31. The highest BCUT2D eigenvalue weighted by Gasteiger charge is 2.09. The zero-order chi connectivity index (χ0) is 20.3. The van der Waals surface area contributed by atoms with Crippen LogP contribution in [0.2, 0.25) is 5.02 Å². The highest BCUT2D eigenvalue weighted by molar-refractivity contribution is 7.99. The van der Waals surface area contributed by atoms with Gasteiger partial charge in [0.1, 0.15) is 5.75 Å². The maximum absolute atomic E-state index is 12.2. The fraction of sp³-hybridized carbons (Fsp3) is 0.273. The Balaban J connectivity index is 1.61. The zero-order valence-corrected chi connectivity index (χ0v) is 18.0. The molecule has 6 heteroatoms. The summed E-state index contributed by atoms with van der Waals surface area (Å²) in [5, 5.41) is 5.47. The van der Waals surface area contributed by atoms with Gasteiger partial charge in [0.2, 0.25) is 5.91 Å². The van der Waals surface area contributed by atoms with E-state index in [-0.39, 0.29) is 5.91 Å². The Hall–Kier alpha value is -2.24. The first-order chi connectivity index (χ1) is 13.4. The van der Waals surface area contributed by atoms with Crippen molar-refractivity contribution < 1.29 is 9.53 Å². The van der Waals surface area contributed by atoms with E-state index in [9.17, 15) is 4.79 Å². The lowest BCUT2D eigenvalue weighted by molar-refractivity contribution is -0.115. The van der Waals surface area contributed by atoms with Crippen LogP contribution in [0, 0.1) is 20.8 Å². The van der Waals surface area contributed by atoms with Crippen LogP contribution in [-0.2, 0) is 4.79 Å². The molecule has 1 amide bonds. The predicted octanol–water partition coefficient (Wildman–Crippen LogP) is 5.94. The fourth-order valence-electron chi connectivity index (χ4n) is 3.10. The van der Waals surface area contributed by atoms with E-state index in [1.807, 2.05) is 0 Å². The molecule has 3 aromatic rings. The number of fused-ring (bicyclic) bond motifs is 1. The van der Waals surface area contributed by atoms with Crippen LogP contribution in [0.25, 0.3) is 10.9 Å². The van der Waals surface area contributed by atoms with Crippen molar-refractivity contribution >= 4 is 45.9 Å². The molecule has 0 fully saturated rings. The predicted molar refractivity (Wildman–Crippen MR) is 118 cm³/mol.